The van der Waals surface area contributed by atoms with E-state index in [1.165, 1.54) is 18.3 Å². The van der Waals surface area contributed by atoms with Gasteiger partial charge in [0.1, 0.15) is 0 Å². The summed E-state index contributed by atoms with van der Waals surface area (Å²) in [6.45, 7) is 10.0. The number of amides is 2. The highest BCUT2D eigenvalue weighted by Crippen LogP contribution is 2.37. The number of hydrogen-bond donors (Lipinski definition) is 2. The molecular weight excluding hydrogens is 300 g/mol. The highest BCUT2D eigenvalue weighted by atomic mass is 32.1. The average Bonchev–Trinajstić information content (AvgIpc) is 2.89. The summed E-state index contributed by atoms with van der Waals surface area (Å²) in [5.74, 6) is -0.162. The fourth-order valence-electron chi connectivity index (χ4n) is 2.82. The fraction of sp³-hybridized carbons (Fsp3) is 0.625. The summed E-state index contributed by atoms with van der Waals surface area (Å²) < 4.78 is 6.00. The van der Waals surface area contributed by atoms with Gasteiger partial charge in [-0.3, -0.25) is 9.59 Å². The second kappa shape index (κ2) is 6.01. The third-order valence-electron chi connectivity index (χ3n) is 3.78. The first kappa shape index (κ1) is 17.0. The van der Waals surface area contributed by atoms with Crippen molar-refractivity contribution >= 4 is 23.2 Å². The molecule has 1 saturated heterocycles. The molecule has 122 valence electrons. The van der Waals surface area contributed by atoms with Crippen molar-refractivity contribution in [2.75, 3.05) is 0 Å². The molecule has 1 fully saturated rings. The van der Waals surface area contributed by atoms with E-state index >= 15 is 0 Å². The van der Waals surface area contributed by atoms with E-state index in [0.29, 0.717) is 11.4 Å². The predicted octanol–water partition coefficient (Wildman–Crippen LogP) is 2.46. The lowest BCUT2D eigenvalue weighted by atomic mass is 9.94. The van der Waals surface area contributed by atoms with Gasteiger partial charge in [-0.1, -0.05) is 0 Å². The van der Waals surface area contributed by atoms with E-state index in [-0.39, 0.29) is 29.1 Å². The van der Waals surface area contributed by atoms with Gasteiger partial charge in [0.05, 0.1) is 28.7 Å². The number of carbonyl (C=O) groups excluding carboxylic acids is 2. The van der Waals surface area contributed by atoms with Crippen LogP contribution in [-0.2, 0) is 16.1 Å². The number of nitrogens with one attached hydrogen (secondary N) is 2. The molecule has 2 amide bonds. The summed E-state index contributed by atoms with van der Waals surface area (Å²) in [5.41, 5.74) is -0.608. The number of ether oxygens (including phenoxy) is 1. The molecule has 1 aliphatic heterocycles. The average molecular weight is 324 g/mol. The zero-order valence-electron chi connectivity index (χ0n) is 13.8. The molecule has 1 unspecified atom stereocenters. The lowest BCUT2D eigenvalue weighted by molar-refractivity contribution is -0.119. The molecule has 5 nitrogen and oxygen atoms in total. The molecule has 0 aromatic carbocycles. The van der Waals surface area contributed by atoms with Crippen LogP contribution in [0.1, 0.15) is 55.6 Å². The van der Waals surface area contributed by atoms with E-state index in [0.717, 1.165) is 11.3 Å². The standard InChI is InChI=1S/C16H24N2O3S/c1-10(19)17-9-11-6-7-12(22-11)14(20)18-13-8-15(2,3)21-16(13,4)5/h6-7,13H,8-9H2,1-5H3,(H,17,19)(H,18,20). The smallest absolute Gasteiger partial charge is 0.261 e. The van der Waals surface area contributed by atoms with Crippen molar-refractivity contribution in [2.24, 2.45) is 0 Å². The van der Waals surface area contributed by atoms with Crippen LogP contribution in [0.5, 0.6) is 0 Å². The molecule has 22 heavy (non-hydrogen) atoms. The van der Waals surface area contributed by atoms with Crippen molar-refractivity contribution in [1.29, 1.82) is 0 Å². The highest BCUT2D eigenvalue weighted by Gasteiger charge is 2.46. The van der Waals surface area contributed by atoms with Crippen LogP contribution in [-0.4, -0.2) is 29.1 Å². The van der Waals surface area contributed by atoms with Crippen LogP contribution in [0.15, 0.2) is 12.1 Å². The van der Waals surface area contributed by atoms with Crippen LogP contribution >= 0.6 is 11.3 Å². The minimum atomic E-state index is -0.380. The third kappa shape index (κ3) is 4.08. The molecule has 0 spiro atoms. The zero-order chi connectivity index (χ0) is 16.5. The van der Waals surface area contributed by atoms with Gasteiger partial charge in [0.25, 0.3) is 5.91 Å². The molecule has 2 heterocycles. The van der Waals surface area contributed by atoms with Crippen LogP contribution in [0.3, 0.4) is 0 Å². The van der Waals surface area contributed by atoms with E-state index in [2.05, 4.69) is 10.6 Å². The van der Waals surface area contributed by atoms with Gasteiger partial charge >= 0.3 is 0 Å². The maximum atomic E-state index is 12.4. The number of rotatable bonds is 4. The van der Waals surface area contributed by atoms with Gasteiger partial charge in [0.15, 0.2) is 0 Å². The molecule has 0 aliphatic carbocycles. The van der Waals surface area contributed by atoms with Crippen molar-refractivity contribution in [1.82, 2.24) is 10.6 Å². The maximum absolute atomic E-state index is 12.4. The van der Waals surface area contributed by atoms with E-state index in [1.54, 1.807) is 6.07 Å². The van der Waals surface area contributed by atoms with E-state index in [9.17, 15) is 9.59 Å². The Labute approximate surface area is 135 Å². The van der Waals surface area contributed by atoms with Crippen LogP contribution in [0, 0.1) is 0 Å². The molecule has 2 rings (SSSR count). The van der Waals surface area contributed by atoms with Crippen LogP contribution in [0.2, 0.25) is 0 Å². The first-order valence-corrected chi connectivity index (χ1v) is 8.25. The second-order valence-corrected chi connectivity index (χ2v) is 8.04. The Balaban J connectivity index is 1.99. The Hall–Kier alpha value is -1.40. The van der Waals surface area contributed by atoms with Gasteiger partial charge in [-0.2, -0.15) is 0 Å². The Morgan fingerprint density at radius 2 is 2.00 bits per heavy atom. The largest absolute Gasteiger partial charge is 0.367 e. The number of carbonyl (C=O) groups is 2. The maximum Gasteiger partial charge on any atom is 0.261 e. The van der Waals surface area contributed by atoms with Gasteiger partial charge in [0.2, 0.25) is 5.91 Å². The number of thiophene rings is 1. The van der Waals surface area contributed by atoms with Crippen molar-refractivity contribution in [3.8, 4) is 0 Å². The monoisotopic (exact) mass is 324 g/mol. The molecule has 1 atom stereocenters. The Bertz CT molecular complexity index is 578. The van der Waals surface area contributed by atoms with Crippen LogP contribution < -0.4 is 10.6 Å². The second-order valence-electron chi connectivity index (χ2n) is 6.87. The lowest BCUT2D eigenvalue weighted by Crippen LogP contribution is -2.45. The molecular formula is C16H24N2O3S. The minimum Gasteiger partial charge on any atom is -0.367 e. The quantitative estimate of drug-likeness (QED) is 0.894. The van der Waals surface area contributed by atoms with Gasteiger partial charge < -0.3 is 15.4 Å². The minimum absolute atomic E-state index is 0.0177. The Morgan fingerprint density at radius 1 is 1.32 bits per heavy atom. The number of hydrogen-bond acceptors (Lipinski definition) is 4. The summed E-state index contributed by atoms with van der Waals surface area (Å²) in [5, 5.41) is 5.81. The van der Waals surface area contributed by atoms with E-state index in [1.807, 2.05) is 33.8 Å². The van der Waals surface area contributed by atoms with Gasteiger partial charge in [-0.25, -0.2) is 0 Å². The van der Waals surface area contributed by atoms with E-state index < -0.39 is 0 Å². The topological polar surface area (TPSA) is 67.4 Å². The van der Waals surface area contributed by atoms with Crippen LogP contribution in [0.4, 0.5) is 0 Å². The summed E-state index contributed by atoms with van der Waals surface area (Å²) in [4.78, 5) is 24.9. The van der Waals surface area contributed by atoms with Crippen molar-refractivity contribution in [3.05, 3.63) is 21.9 Å². The third-order valence-corrected chi connectivity index (χ3v) is 4.86. The molecule has 0 bridgehead atoms. The van der Waals surface area contributed by atoms with Gasteiger partial charge in [-0.05, 0) is 46.2 Å². The van der Waals surface area contributed by atoms with Crippen molar-refractivity contribution < 1.29 is 14.3 Å². The summed E-state index contributed by atoms with van der Waals surface area (Å²) in [7, 11) is 0. The molecule has 0 radical (unpaired) electrons. The highest BCUT2D eigenvalue weighted by molar-refractivity contribution is 7.14. The molecule has 0 saturated carbocycles. The predicted molar refractivity (Wildman–Crippen MR) is 87.0 cm³/mol. The summed E-state index contributed by atoms with van der Waals surface area (Å²) >= 11 is 1.40. The lowest BCUT2D eigenvalue weighted by Gasteiger charge is -2.27. The van der Waals surface area contributed by atoms with Gasteiger partial charge in [-0.15, -0.1) is 11.3 Å². The fourth-order valence-corrected chi connectivity index (χ4v) is 3.67. The molecule has 6 heteroatoms. The van der Waals surface area contributed by atoms with Crippen LogP contribution in [0.25, 0.3) is 0 Å². The van der Waals surface area contributed by atoms with E-state index in [4.69, 9.17) is 4.74 Å². The normalized spacial score (nSPS) is 22.3. The van der Waals surface area contributed by atoms with Crippen molar-refractivity contribution in [2.45, 2.75) is 64.8 Å². The summed E-state index contributed by atoms with van der Waals surface area (Å²) in [6, 6.07) is 3.65. The van der Waals surface area contributed by atoms with Crippen molar-refractivity contribution in [3.63, 3.8) is 0 Å². The molecule has 2 N–H and O–H groups in total. The Kier molecular flexibility index (Phi) is 4.63. The molecule has 1 aromatic rings. The SMILES string of the molecule is CC(=O)NCc1ccc(C(=O)NC2CC(C)(C)OC2(C)C)s1. The summed E-state index contributed by atoms with van der Waals surface area (Å²) in [6.07, 6.45) is 0.788. The zero-order valence-corrected chi connectivity index (χ0v) is 14.6. The first-order valence-electron chi connectivity index (χ1n) is 7.43. The van der Waals surface area contributed by atoms with Gasteiger partial charge in [0, 0.05) is 11.8 Å². The molecule has 1 aromatic heterocycles. The first-order chi connectivity index (χ1) is 10.1. The molecule has 1 aliphatic rings. The Morgan fingerprint density at radius 3 is 2.55 bits per heavy atom.